The lowest BCUT2D eigenvalue weighted by molar-refractivity contribution is 0.694. The van der Waals surface area contributed by atoms with Crippen molar-refractivity contribution >= 4 is 11.6 Å². The van der Waals surface area contributed by atoms with E-state index in [-0.39, 0.29) is 5.56 Å². The second kappa shape index (κ2) is 5.25. The number of hydrogen-bond acceptors (Lipinski definition) is 3. The van der Waals surface area contributed by atoms with Crippen LogP contribution in [0, 0.1) is 25.2 Å². The van der Waals surface area contributed by atoms with E-state index in [1.165, 1.54) is 6.07 Å². The first-order chi connectivity index (χ1) is 9.01. The van der Waals surface area contributed by atoms with Crippen LogP contribution in [0.1, 0.15) is 22.6 Å². The number of rotatable bonds is 2. The van der Waals surface area contributed by atoms with E-state index in [0.717, 1.165) is 5.56 Å². The summed E-state index contributed by atoms with van der Waals surface area (Å²) in [6.45, 7) is 3.92. The molecule has 0 saturated heterocycles. The second-order valence-electron chi connectivity index (χ2n) is 4.29. The Morgan fingerprint density at radius 1 is 1.37 bits per heavy atom. The Morgan fingerprint density at radius 2 is 2.11 bits per heavy atom. The zero-order valence-corrected chi connectivity index (χ0v) is 11.4. The fourth-order valence-corrected chi connectivity index (χ4v) is 2.11. The summed E-state index contributed by atoms with van der Waals surface area (Å²) in [6.07, 6.45) is 0. The molecule has 1 heterocycles. The highest BCUT2D eigenvalue weighted by Crippen LogP contribution is 2.18. The predicted octanol–water partition coefficient (Wildman–Crippen LogP) is 2.43. The number of aryl methyl sites for hydroxylation is 2. The van der Waals surface area contributed by atoms with Crippen LogP contribution in [0.15, 0.2) is 29.1 Å². The molecule has 0 unspecified atom stereocenters. The smallest absolute Gasteiger partial charge is 0.254 e. The summed E-state index contributed by atoms with van der Waals surface area (Å²) < 4.78 is 1.56. The Balaban J connectivity index is 2.43. The summed E-state index contributed by atoms with van der Waals surface area (Å²) in [7, 11) is 0. The van der Waals surface area contributed by atoms with Crippen LogP contribution in [-0.2, 0) is 6.54 Å². The van der Waals surface area contributed by atoms with Crippen molar-refractivity contribution in [2.45, 2.75) is 20.4 Å². The summed E-state index contributed by atoms with van der Waals surface area (Å²) >= 11 is 6.11. The van der Waals surface area contributed by atoms with Gasteiger partial charge in [0.2, 0.25) is 0 Å². The number of nitriles is 1. The van der Waals surface area contributed by atoms with Crippen molar-refractivity contribution in [3.63, 3.8) is 0 Å². The lowest BCUT2D eigenvalue weighted by Gasteiger charge is -2.11. The lowest BCUT2D eigenvalue weighted by atomic mass is 10.1. The van der Waals surface area contributed by atoms with Crippen LogP contribution >= 0.6 is 11.6 Å². The Hall–Kier alpha value is -2.12. The molecule has 2 rings (SSSR count). The van der Waals surface area contributed by atoms with Crippen LogP contribution in [0.3, 0.4) is 0 Å². The van der Waals surface area contributed by atoms with Gasteiger partial charge in [0.05, 0.1) is 18.2 Å². The van der Waals surface area contributed by atoms with Gasteiger partial charge in [-0.25, -0.2) is 4.98 Å². The van der Waals surface area contributed by atoms with Gasteiger partial charge in [0.1, 0.15) is 5.82 Å². The molecule has 0 N–H and O–H groups in total. The standard InChI is InChI=1S/C14H12ClN3O/c1-9-5-14(19)18(10(2)17-9)8-12-4-3-11(7-16)6-13(12)15/h3-6H,8H2,1-2H3. The maximum absolute atomic E-state index is 11.9. The summed E-state index contributed by atoms with van der Waals surface area (Å²) in [6, 6.07) is 8.55. The number of hydrogen-bond donors (Lipinski definition) is 0. The molecule has 0 bridgehead atoms. The molecule has 0 aliphatic heterocycles. The number of benzene rings is 1. The largest absolute Gasteiger partial charge is 0.292 e. The third kappa shape index (κ3) is 2.83. The zero-order valence-electron chi connectivity index (χ0n) is 10.6. The molecule has 0 spiro atoms. The van der Waals surface area contributed by atoms with Crippen molar-refractivity contribution in [2.24, 2.45) is 0 Å². The van der Waals surface area contributed by atoms with Gasteiger partial charge in [-0.05, 0) is 31.5 Å². The van der Waals surface area contributed by atoms with Crippen molar-refractivity contribution in [1.82, 2.24) is 9.55 Å². The topological polar surface area (TPSA) is 58.7 Å². The second-order valence-corrected chi connectivity index (χ2v) is 4.69. The van der Waals surface area contributed by atoms with E-state index in [4.69, 9.17) is 16.9 Å². The Kier molecular flexibility index (Phi) is 3.68. The van der Waals surface area contributed by atoms with E-state index in [9.17, 15) is 4.79 Å². The highest BCUT2D eigenvalue weighted by Gasteiger charge is 2.07. The lowest BCUT2D eigenvalue weighted by Crippen LogP contribution is -2.24. The predicted molar refractivity (Wildman–Crippen MR) is 73.2 cm³/mol. The summed E-state index contributed by atoms with van der Waals surface area (Å²) in [4.78, 5) is 16.2. The first-order valence-corrected chi connectivity index (χ1v) is 6.12. The van der Waals surface area contributed by atoms with Gasteiger partial charge in [0.15, 0.2) is 0 Å². The molecule has 0 aliphatic rings. The molecule has 1 aromatic heterocycles. The van der Waals surface area contributed by atoms with Crippen LogP contribution in [0.5, 0.6) is 0 Å². The average Bonchev–Trinajstić information content (AvgIpc) is 2.35. The van der Waals surface area contributed by atoms with Crippen LogP contribution < -0.4 is 5.56 Å². The maximum Gasteiger partial charge on any atom is 0.254 e. The zero-order chi connectivity index (χ0) is 14.0. The molecule has 0 saturated carbocycles. The summed E-state index contributed by atoms with van der Waals surface area (Å²) in [5, 5.41) is 9.27. The molecular formula is C14H12ClN3O. The fraction of sp³-hybridized carbons (Fsp3) is 0.214. The van der Waals surface area contributed by atoms with E-state index in [0.29, 0.717) is 28.6 Å². The van der Waals surface area contributed by atoms with Gasteiger partial charge in [0, 0.05) is 16.8 Å². The first kappa shape index (κ1) is 13.3. The van der Waals surface area contributed by atoms with Gasteiger partial charge in [-0.1, -0.05) is 17.7 Å². The van der Waals surface area contributed by atoms with Gasteiger partial charge in [-0.15, -0.1) is 0 Å². The average molecular weight is 274 g/mol. The van der Waals surface area contributed by atoms with E-state index in [2.05, 4.69) is 4.98 Å². The molecule has 0 radical (unpaired) electrons. The molecule has 5 heteroatoms. The molecule has 4 nitrogen and oxygen atoms in total. The minimum absolute atomic E-state index is 0.106. The highest BCUT2D eigenvalue weighted by atomic mass is 35.5. The van der Waals surface area contributed by atoms with Gasteiger partial charge >= 0.3 is 0 Å². The van der Waals surface area contributed by atoms with Gasteiger partial charge in [-0.3, -0.25) is 9.36 Å². The molecular weight excluding hydrogens is 262 g/mol. The maximum atomic E-state index is 11.9. The normalized spacial score (nSPS) is 10.2. The van der Waals surface area contributed by atoms with Crippen molar-refractivity contribution in [1.29, 1.82) is 5.26 Å². The van der Waals surface area contributed by atoms with Crippen LogP contribution in [0.4, 0.5) is 0 Å². The van der Waals surface area contributed by atoms with Crippen molar-refractivity contribution in [3.05, 3.63) is 62.3 Å². The van der Waals surface area contributed by atoms with E-state index >= 15 is 0 Å². The van der Waals surface area contributed by atoms with E-state index in [1.807, 2.05) is 6.07 Å². The van der Waals surface area contributed by atoms with E-state index < -0.39 is 0 Å². The number of nitrogens with zero attached hydrogens (tertiary/aromatic N) is 3. The third-order valence-corrected chi connectivity index (χ3v) is 3.19. The van der Waals surface area contributed by atoms with Gasteiger partial charge in [-0.2, -0.15) is 5.26 Å². The van der Waals surface area contributed by atoms with Crippen molar-refractivity contribution < 1.29 is 0 Å². The monoisotopic (exact) mass is 273 g/mol. The quantitative estimate of drug-likeness (QED) is 0.844. The molecule has 2 aromatic rings. The molecule has 0 amide bonds. The minimum Gasteiger partial charge on any atom is -0.292 e. The molecule has 0 aliphatic carbocycles. The first-order valence-electron chi connectivity index (χ1n) is 5.75. The summed E-state index contributed by atoms with van der Waals surface area (Å²) in [5.74, 6) is 0.644. The summed E-state index contributed by atoms with van der Waals surface area (Å²) in [5.41, 5.74) is 1.88. The molecule has 1 aromatic carbocycles. The van der Waals surface area contributed by atoms with Crippen LogP contribution in [-0.4, -0.2) is 9.55 Å². The molecule has 19 heavy (non-hydrogen) atoms. The van der Waals surface area contributed by atoms with Gasteiger partial charge in [0.25, 0.3) is 5.56 Å². The van der Waals surface area contributed by atoms with Crippen LogP contribution in [0.2, 0.25) is 5.02 Å². The van der Waals surface area contributed by atoms with Crippen LogP contribution in [0.25, 0.3) is 0 Å². The third-order valence-electron chi connectivity index (χ3n) is 2.84. The number of halogens is 1. The fourth-order valence-electron chi connectivity index (χ4n) is 1.87. The van der Waals surface area contributed by atoms with Crippen molar-refractivity contribution in [2.75, 3.05) is 0 Å². The molecule has 0 atom stereocenters. The minimum atomic E-state index is -0.106. The highest BCUT2D eigenvalue weighted by molar-refractivity contribution is 6.31. The Bertz CT molecular complexity index is 728. The molecule has 0 fully saturated rings. The SMILES string of the molecule is Cc1cc(=O)n(Cc2ccc(C#N)cc2Cl)c(C)n1. The van der Waals surface area contributed by atoms with Gasteiger partial charge < -0.3 is 0 Å². The molecule has 96 valence electrons. The number of aromatic nitrogens is 2. The van der Waals surface area contributed by atoms with Crippen molar-refractivity contribution in [3.8, 4) is 6.07 Å². The Morgan fingerprint density at radius 3 is 2.68 bits per heavy atom. The Labute approximate surface area is 115 Å². The van der Waals surface area contributed by atoms with E-state index in [1.54, 1.807) is 36.6 Å².